The van der Waals surface area contributed by atoms with E-state index >= 15 is 0 Å². The lowest BCUT2D eigenvalue weighted by molar-refractivity contribution is -0.137. The van der Waals surface area contributed by atoms with Gasteiger partial charge in [-0.25, -0.2) is 14.6 Å². The molecule has 0 bridgehead atoms. The number of hydrogen-bond donors (Lipinski definition) is 0. The molecule has 3 heterocycles. The molecule has 0 saturated carbocycles. The van der Waals surface area contributed by atoms with Crippen molar-refractivity contribution >= 4 is 22.2 Å². The van der Waals surface area contributed by atoms with Crippen LogP contribution in [0.4, 0.5) is 18.2 Å². The highest BCUT2D eigenvalue weighted by Gasteiger charge is 2.38. The van der Waals surface area contributed by atoms with Gasteiger partial charge >= 0.3 is 6.18 Å². The number of nitrogens with zero attached hydrogens (tertiary/aromatic N) is 6. The minimum atomic E-state index is -4.55. The van der Waals surface area contributed by atoms with Gasteiger partial charge in [0.1, 0.15) is 34.6 Å². The van der Waals surface area contributed by atoms with E-state index in [-0.39, 0.29) is 30.3 Å². The molecule has 1 aliphatic heterocycles. The van der Waals surface area contributed by atoms with Crippen LogP contribution in [0.1, 0.15) is 37.4 Å². The maximum absolute atomic E-state index is 13.6. The number of benzene rings is 1. The molecular formula is C24H29F3N6O2S. The number of anilines is 1. The molecule has 0 spiro atoms. The third-order valence-corrected chi connectivity index (χ3v) is 6.99. The summed E-state index contributed by atoms with van der Waals surface area (Å²) in [4.78, 5) is 24.8. The van der Waals surface area contributed by atoms with Crippen LogP contribution in [0.15, 0.2) is 24.3 Å². The van der Waals surface area contributed by atoms with Gasteiger partial charge < -0.3 is 14.5 Å². The van der Waals surface area contributed by atoms with Crippen LogP contribution in [0.25, 0.3) is 11.3 Å². The molecule has 1 amide bonds. The third-order valence-electron chi connectivity index (χ3n) is 5.83. The minimum Gasteiger partial charge on any atom is -0.491 e. The zero-order valence-corrected chi connectivity index (χ0v) is 21.7. The van der Waals surface area contributed by atoms with Crippen LogP contribution < -0.4 is 9.64 Å². The summed E-state index contributed by atoms with van der Waals surface area (Å²) < 4.78 is 48.0. The van der Waals surface area contributed by atoms with Crippen molar-refractivity contribution < 1.29 is 22.7 Å². The van der Waals surface area contributed by atoms with Gasteiger partial charge in [0.15, 0.2) is 0 Å². The fourth-order valence-corrected chi connectivity index (χ4v) is 5.23. The number of carbonyl (C=O) groups excluding carboxylic acids is 1. The molecule has 0 unspecified atom stereocenters. The molecule has 1 fully saturated rings. The van der Waals surface area contributed by atoms with Crippen LogP contribution in [-0.2, 0) is 17.5 Å². The Labute approximate surface area is 211 Å². The Bertz CT molecular complexity index is 1220. The third kappa shape index (κ3) is 5.63. The van der Waals surface area contributed by atoms with E-state index in [9.17, 15) is 18.0 Å². The van der Waals surface area contributed by atoms with Crippen LogP contribution in [0.2, 0.25) is 0 Å². The van der Waals surface area contributed by atoms with Crippen molar-refractivity contribution in [3.63, 3.8) is 0 Å². The predicted molar refractivity (Wildman–Crippen MR) is 131 cm³/mol. The summed E-state index contributed by atoms with van der Waals surface area (Å²) in [6.07, 6.45) is -4.56. The average molecular weight is 523 g/mol. The van der Waals surface area contributed by atoms with Gasteiger partial charge in [-0.05, 0) is 58.9 Å². The molecule has 12 heteroatoms. The number of thiazole rings is 1. The van der Waals surface area contributed by atoms with E-state index < -0.39 is 11.2 Å². The zero-order chi connectivity index (χ0) is 26.2. The summed E-state index contributed by atoms with van der Waals surface area (Å²) in [6, 6.07) is 6.71. The Morgan fingerprint density at radius 2 is 1.86 bits per heavy atom. The summed E-state index contributed by atoms with van der Waals surface area (Å²) in [5, 5.41) is 3.81. The molecule has 1 saturated heterocycles. The Balaban J connectivity index is 1.55. The largest absolute Gasteiger partial charge is 0.491 e. The monoisotopic (exact) mass is 522 g/mol. The van der Waals surface area contributed by atoms with Crippen LogP contribution in [-0.4, -0.2) is 62.3 Å². The van der Waals surface area contributed by atoms with Gasteiger partial charge in [-0.2, -0.15) is 18.3 Å². The molecule has 1 atom stereocenters. The molecule has 1 aromatic carbocycles. The van der Waals surface area contributed by atoms with Crippen molar-refractivity contribution in [3.8, 4) is 17.0 Å². The standard InChI is InChI=1S/C24H29F3N6O2S/c1-14(2)35-19-8-6-18(7-9-19)21-22(36-23(29-21)24(25,26)27)31-10-11-32(15(3)12-31)20(34)13-33-17(5)28-16(4)30-33/h6-9,14-15H,10-13H2,1-5H3/t15-/m1/s1. The highest BCUT2D eigenvalue weighted by Crippen LogP contribution is 2.43. The molecule has 1 aliphatic rings. The number of ether oxygens (including phenoxy) is 1. The van der Waals surface area contributed by atoms with E-state index in [2.05, 4.69) is 15.1 Å². The van der Waals surface area contributed by atoms with Crippen molar-refractivity contribution in [1.82, 2.24) is 24.6 Å². The Hall–Kier alpha value is -3.15. The topological polar surface area (TPSA) is 76.4 Å². The molecule has 36 heavy (non-hydrogen) atoms. The van der Waals surface area contributed by atoms with Crippen molar-refractivity contribution in [2.75, 3.05) is 24.5 Å². The number of aryl methyl sites for hydroxylation is 2. The molecule has 0 radical (unpaired) electrons. The molecule has 8 nitrogen and oxygen atoms in total. The summed E-state index contributed by atoms with van der Waals surface area (Å²) in [5.74, 6) is 1.79. The van der Waals surface area contributed by atoms with Crippen molar-refractivity contribution in [3.05, 3.63) is 40.9 Å². The first kappa shape index (κ1) is 25.9. The molecule has 194 valence electrons. The normalized spacial score (nSPS) is 16.6. The van der Waals surface area contributed by atoms with Gasteiger partial charge in [-0.1, -0.05) is 11.3 Å². The number of hydrogen-bond acceptors (Lipinski definition) is 7. The molecule has 3 aromatic rings. The van der Waals surface area contributed by atoms with E-state index in [0.717, 1.165) is 0 Å². The SMILES string of the molecule is Cc1nc(C)n(CC(=O)N2CCN(c3sc(C(F)(F)F)nc3-c3ccc(OC(C)C)cc3)C[C@H]2C)n1. The van der Waals surface area contributed by atoms with Gasteiger partial charge in [-0.15, -0.1) is 0 Å². The van der Waals surface area contributed by atoms with Crippen molar-refractivity contribution in [2.24, 2.45) is 0 Å². The first-order chi connectivity index (χ1) is 16.9. The predicted octanol–water partition coefficient (Wildman–Crippen LogP) is 4.56. The van der Waals surface area contributed by atoms with Crippen LogP contribution in [0, 0.1) is 13.8 Å². The number of amides is 1. The summed E-state index contributed by atoms with van der Waals surface area (Å²) >= 11 is 0.634. The number of piperazine rings is 1. The van der Waals surface area contributed by atoms with Crippen LogP contribution in [0.3, 0.4) is 0 Å². The van der Waals surface area contributed by atoms with E-state index in [4.69, 9.17) is 4.74 Å². The first-order valence-corrected chi connectivity index (χ1v) is 12.5. The fourth-order valence-electron chi connectivity index (χ4n) is 4.24. The second-order valence-corrected chi connectivity index (χ2v) is 10.1. The van der Waals surface area contributed by atoms with Crippen LogP contribution in [0.5, 0.6) is 5.75 Å². The number of alkyl halides is 3. The zero-order valence-electron chi connectivity index (χ0n) is 20.8. The lowest BCUT2D eigenvalue weighted by atomic mass is 10.1. The smallest absolute Gasteiger partial charge is 0.443 e. The van der Waals surface area contributed by atoms with Crippen LogP contribution >= 0.6 is 11.3 Å². The summed E-state index contributed by atoms with van der Waals surface area (Å²) in [5.41, 5.74) is 0.861. The lowest BCUT2D eigenvalue weighted by Crippen LogP contribution is -2.54. The Morgan fingerprint density at radius 3 is 2.42 bits per heavy atom. The molecule has 0 aliphatic carbocycles. The second kappa shape index (κ2) is 10.1. The molecule has 4 rings (SSSR count). The number of halogens is 3. The first-order valence-electron chi connectivity index (χ1n) is 11.7. The highest BCUT2D eigenvalue weighted by atomic mass is 32.1. The van der Waals surface area contributed by atoms with Crippen molar-refractivity contribution in [2.45, 2.75) is 59.5 Å². The number of carbonyl (C=O) groups is 1. The van der Waals surface area contributed by atoms with Gasteiger partial charge in [-0.3, -0.25) is 4.79 Å². The average Bonchev–Trinajstić information content (AvgIpc) is 3.37. The highest BCUT2D eigenvalue weighted by molar-refractivity contribution is 7.16. The number of rotatable bonds is 6. The molecular weight excluding hydrogens is 493 g/mol. The lowest BCUT2D eigenvalue weighted by Gasteiger charge is -2.40. The Morgan fingerprint density at radius 1 is 1.17 bits per heavy atom. The molecule has 0 N–H and O–H groups in total. The van der Waals surface area contributed by atoms with Gasteiger partial charge in [0.25, 0.3) is 0 Å². The van der Waals surface area contributed by atoms with Gasteiger partial charge in [0.05, 0.1) is 6.10 Å². The second-order valence-electron chi connectivity index (χ2n) is 9.11. The van der Waals surface area contributed by atoms with E-state index in [1.807, 2.05) is 25.7 Å². The maximum Gasteiger partial charge on any atom is 0.443 e. The van der Waals surface area contributed by atoms with Gasteiger partial charge in [0.2, 0.25) is 10.9 Å². The van der Waals surface area contributed by atoms with E-state index in [1.54, 1.807) is 47.7 Å². The minimum absolute atomic E-state index is 0.0134. The van der Waals surface area contributed by atoms with E-state index in [1.165, 1.54) is 0 Å². The quantitative estimate of drug-likeness (QED) is 0.473. The van der Waals surface area contributed by atoms with E-state index in [0.29, 0.717) is 58.9 Å². The van der Waals surface area contributed by atoms with Crippen molar-refractivity contribution in [1.29, 1.82) is 0 Å². The summed E-state index contributed by atoms with van der Waals surface area (Å²) in [6.45, 7) is 10.5. The van der Waals surface area contributed by atoms with Gasteiger partial charge in [0, 0.05) is 31.2 Å². The maximum atomic E-state index is 13.6. The molecule has 2 aromatic heterocycles. The summed E-state index contributed by atoms with van der Waals surface area (Å²) in [7, 11) is 0. The Kier molecular flexibility index (Phi) is 7.26. The fraction of sp³-hybridized carbons (Fsp3) is 0.500. The number of aromatic nitrogens is 4.